The Hall–Kier alpha value is -2.89. The molecule has 0 saturated carbocycles. The van der Waals surface area contributed by atoms with Gasteiger partial charge in [-0.25, -0.2) is 4.79 Å². The smallest absolute Gasteiger partial charge is 0.328 e. The summed E-state index contributed by atoms with van der Waals surface area (Å²) in [6.07, 6.45) is 1.97. The van der Waals surface area contributed by atoms with Gasteiger partial charge in [0, 0.05) is 12.1 Å². The molecule has 0 radical (unpaired) electrons. The third-order valence-corrected chi connectivity index (χ3v) is 2.60. The van der Waals surface area contributed by atoms with Crippen LogP contribution in [0.1, 0.15) is 11.3 Å². The molecule has 1 heterocycles. The summed E-state index contributed by atoms with van der Waals surface area (Å²) in [6.45, 7) is 1.91. The van der Waals surface area contributed by atoms with Crippen molar-refractivity contribution in [3.8, 4) is 11.4 Å². The monoisotopic (exact) mass is 272 g/mol. The van der Waals surface area contributed by atoms with Gasteiger partial charge in [0.25, 0.3) is 5.56 Å². The van der Waals surface area contributed by atoms with E-state index in [4.69, 9.17) is 5.11 Å². The van der Waals surface area contributed by atoms with Crippen LogP contribution in [0.4, 0.5) is 0 Å². The van der Waals surface area contributed by atoms with Crippen molar-refractivity contribution in [1.29, 1.82) is 0 Å². The molecule has 0 bridgehead atoms. The summed E-state index contributed by atoms with van der Waals surface area (Å²) in [7, 11) is 0. The molecule has 0 saturated heterocycles. The third kappa shape index (κ3) is 2.92. The number of hydrogen-bond acceptors (Lipinski definition) is 4. The fourth-order valence-electron chi connectivity index (χ4n) is 1.60. The van der Waals surface area contributed by atoms with Gasteiger partial charge in [-0.3, -0.25) is 4.79 Å². The fourth-order valence-corrected chi connectivity index (χ4v) is 1.60. The number of carbonyl (C=O) groups is 1. The lowest BCUT2D eigenvalue weighted by atomic mass is 10.2. The lowest BCUT2D eigenvalue weighted by molar-refractivity contribution is -0.131. The topological polar surface area (TPSA) is 92.4 Å². The minimum absolute atomic E-state index is 0.00701. The number of benzene rings is 1. The van der Waals surface area contributed by atoms with E-state index in [0.29, 0.717) is 5.69 Å². The van der Waals surface area contributed by atoms with E-state index in [1.807, 2.05) is 19.1 Å². The van der Waals surface area contributed by atoms with E-state index in [9.17, 15) is 14.7 Å². The molecule has 0 fully saturated rings. The lowest BCUT2D eigenvalue weighted by Gasteiger charge is -2.06. The number of aliphatic carboxylic acids is 1. The molecular formula is C14H12N2O4. The highest BCUT2D eigenvalue weighted by molar-refractivity contribution is 5.85. The van der Waals surface area contributed by atoms with E-state index in [-0.39, 0.29) is 11.4 Å². The molecular weight excluding hydrogens is 260 g/mol. The second-order valence-corrected chi connectivity index (χ2v) is 4.17. The molecule has 0 atom stereocenters. The van der Waals surface area contributed by atoms with Crippen molar-refractivity contribution in [3.05, 3.63) is 58.0 Å². The summed E-state index contributed by atoms with van der Waals surface area (Å²) in [4.78, 5) is 22.3. The SMILES string of the molecule is Cc1ccc(-n2nc(/C=C/C(=O)O)c(O)cc2=O)cc1. The van der Waals surface area contributed by atoms with Crippen molar-refractivity contribution in [2.75, 3.05) is 0 Å². The van der Waals surface area contributed by atoms with Crippen LogP contribution < -0.4 is 5.56 Å². The second-order valence-electron chi connectivity index (χ2n) is 4.17. The molecule has 0 aliphatic rings. The molecule has 2 aromatic rings. The predicted molar refractivity (Wildman–Crippen MR) is 72.9 cm³/mol. The van der Waals surface area contributed by atoms with Gasteiger partial charge in [0.15, 0.2) is 0 Å². The molecule has 0 spiro atoms. The highest BCUT2D eigenvalue weighted by Gasteiger charge is 2.07. The normalized spacial score (nSPS) is 10.8. The Balaban J connectivity index is 2.54. The highest BCUT2D eigenvalue weighted by atomic mass is 16.4. The summed E-state index contributed by atoms with van der Waals surface area (Å²) in [5.74, 6) is -1.53. The van der Waals surface area contributed by atoms with Crippen LogP contribution in [0.15, 0.2) is 41.2 Å². The molecule has 1 aromatic heterocycles. The van der Waals surface area contributed by atoms with Crippen LogP contribution in [0.5, 0.6) is 5.75 Å². The van der Waals surface area contributed by atoms with E-state index in [2.05, 4.69) is 5.10 Å². The number of aromatic nitrogens is 2. The maximum Gasteiger partial charge on any atom is 0.328 e. The Morgan fingerprint density at radius 1 is 1.30 bits per heavy atom. The number of hydrogen-bond donors (Lipinski definition) is 2. The highest BCUT2D eigenvalue weighted by Crippen LogP contribution is 2.14. The average Bonchev–Trinajstić information content (AvgIpc) is 2.39. The fraction of sp³-hybridized carbons (Fsp3) is 0.0714. The standard InChI is InChI=1S/C14H12N2O4/c1-9-2-4-10(5-3-9)16-13(18)8-12(17)11(15-16)6-7-14(19)20/h2-8,17H,1H3,(H,19,20)/b7-6+. The van der Waals surface area contributed by atoms with E-state index in [1.165, 1.54) is 0 Å². The largest absolute Gasteiger partial charge is 0.505 e. The van der Waals surface area contributed by atoms with E-state index >= 15 is 0 Å². The average molecular weight is 272 g/mol. The van der Waals surface area contributed by atoms with Gasteiger partial charge in [-0.05, 0) is 25.1 Å². The quantitative estimate of drug-likeness (QED) is 0.823. The molecule has 2 rings (SSSR count). The number of rotatable bonds is 3. The van der Waals surface area contributed by atoms with E-state index in [1.54, 1.807) is 12.1 Å². The van der Waals surface area contributed by atoms with Gasteiger partial charge in [0.05, 0.1) is 5.69 Å². The van der Waals surface area contributed by atoms with Crippen molar-refractivity contribution in [1.82, 2.24) is 9.78 Å². The number of carboxylic acid groups (broad SMARTS) is 1. The Morgan fingerprint density at radius 3 is 2.55 bits per heavy atom. The van der Waals surface area contributed by atoms with Crippen molar-refractivity contribution >= 4 is 12.0 Å². The minimum Gasteiger partial charge on any atom is -0.505 e. The molecule has 20 heavy (non-hydrogen) atoms. The van der Waals surface area contributed by atoms with Crippen LogP contribution in [0.25, 0.3) is 11.8 Å². The Kier molecular flexibility index (Phi) is 3.65. The predicted octanol–water partition coefficient (Wildman–Crippen LogP) is 1.34. The first-order chi connectivity index (χ1) is 9.47. The molecule has 0 aliphatic heterocycles. The van der Waals surface area contributed by atoms with Gasteiger partial charge in [0.2, 0.25) is 0 Å². The van der Waals surface area contributed by atoms with Crippen LogP contribution in [-0.4, -0.2) is 26.0 Å². The molecule has 6 heteroatoms. The maximum absolute atomic E-state index is 11.8. The number of aromatic hydroxyl groups is 1. The molecule has 1 aromatic carbocycles. The van der Waals surface area contributed by atoms with E-state index in [0.717, 1.165) is 28.5 Å². The van der Waals surface area contributed by atoms with Crippen molar-refractivity contribution < 1.29 is 15.0 Å². The van der Waals surface area contributed by atoms with Gasteiger partial charge in [-0.2, -0.15) is 9.78 Å². The van der Waals surface area contributed by atoms with Gasteiger partial charge < -0.3 is 10.2 Å². The number of nitrogens with zero attached hydrogens (tertiary/aromatic N) is 2. The van der Waals surface area contributed by atoms with Crippen LogP contribution in [0, 0.1) is 6.92 Å². The molecule has 0 aliphatic carbocycles. The summed E-state index contributed by atoms with van der Waals surface area (Å²) >= 11 is 0. The van der Waals surface area contributed by atoms with Crippen LogP contribution >= 0.6 is 0 Å². The number of carboxylic acids is 1. The van der Waals surface area contributed by atoms with Crippen molar-refractivity contribution in [2.24, 2.45) is 0 Å². The minimum atomic E-state index is -1.17. The van der Waals surface area contributed by atoms with Gasteiger partial charge in [-0.1, -0.05) is 17.7 Å². The van der Waals surface area contributed by atoms with Gasteiger partial charge >= 0.3 is 5.97 Å². The zero-order chi connectivity index (χ0) is 14.7. The Bertz CT molecular complexity index is 730. The van der Waals surface area contributed by atoms with Crippen LogP contribution in [0.3, 0.4) is 0 Å². The zero-order valence-electron chi connectivity index (χ0n) is 10.6. The summed E-state index contributed by atoms with van der Waals surface area (Å²) in [5.41, 5.74) is 1.07. The number of aryl methyl sites for hydroxylation is 1. The van der Waals surface area contributed by atoms with Gasteiger partial charge in [0.1, 0.15) is 11.4 Å². The first-order valence-corrected chi connectivity index (χ1v) is 5.79. The van der Waals surface area contributed by atoms with Crippen LogP contribution in [0.2, 0.25) is 0 Å². The summed E-state index contributed by atoms with van der Waals surface area (Å²) < 4.78 is 1.10. The van der Waals surface area contributed by atoms with Gasteiger partial charge in [-0.15, -0.1) is 0 Å². The molecule has 102 valence electrons. The van der Waals surface area contributed by atoms with Crippen LogP contribution in [-0.2, 0) is 4.79 Å². The van der Waals surface area contributed by atoms with E-state index < -0.39 is 11.5 Å². The second kappa shape index (κ2) is 5.40. The molecule has 2 N–H and O–H groups in total. The summed E-state index contributed by atoms with van der Waals surface area (Å²) in [5, 5.41) is 22.1. The third-order valence-electron chi connectivity index (χ3n) is 2.60. The van der Waals surface area contributed by atoms with Crippen molar-refractivity contribution in [3.63, 3.8) is 0 Å². The summed E-state index contributed by atoms with van der Waals surface area (Å²) in [6, 6.07) is 8.07. The molecule has 0 unspecified atom stereocenters. The first kappa shape index (κ1) is 13.5. The zero-order valence-corrected chi connectivity index (χ0v) is 10.6. The molecule has 6 nitrogen and oxygen atoms in total. The lowest BCUT2D eigenvalue weighted by Crippen LogP contribution is -2.20. The van der Waals surface area contributed by atoms with Crippen molar-refractivity contribution in [2.45, 2.75) is 6.92 Å². The Labute approximate surface area is 114 Å². The maximum atomic E-state index is 11.8. The Morgan fingerprint density at radius 2 is 1.95 bits per heavy atom. The first-order valence-electron chi connectivity index (χ1n) is 5.79. The molecule has 0 amide bonds.